The smallest absolute Gasteiger partial charge is 0.387 e. The molecule has 0 bridgehead atoms. The lowest BCUT2D eigenvalue weighted by atomic mass is 10.2. The fraction of sp³-hybridized carbons (Fsp3) is 0.222. The van der Waals surface area contributed by atoms with Gasteiger partial charge in [-0.1, -0.05) is 0 Å². The molecule has 0 fully saturated rings. The molecule has 0 saturated carbocycles. The number of ether oxygens (including phenoxy) is 2. The molecule has 0 aliphatic rings. The fourth-order valence-corrected chi connectivity index (χ4v) is 2.37. The Morgan fingerprint density at radius 2 is 1.85 bits per heavy atom. The lowest BCUT2D eigenvalue weighted by Crippen LogP contribution is -2.19. The zero-order valence-electron chi connectivity index (χ0n) is 14.2. The van der Waals surface area contributed by atoms with Gasteiger partial charge in [0.1, 0.15) is 5.75 Å². The highest BCUT2D eigenvalue weighted by atomic mass is 32.1. The topological polar surface area (TPSA) is 59.6 Å². The SMILES string of the molecule is CCOC(=O)c1ccc(NC(=S)Nc2ccc(OC(F)F)cc2C)cc1. The number of esters is 1. The lowest BCUT2D eigenvalue weighted by Gasteiger charge is -2.14. The maximum atomic E-state index is 12.2. The Balaban J connectivity index is 1.97. The first-order valence-electron chi connectivity index (χ1n) is 7.79. The molecule has 138 valence electrons. The first-order valence-corrected chi connectivity index (χ1v) is 8.20. The molecule has 26 heavy (non-hydrogen) atoms. The highest BCUT2D eigenvalue weighted by molar-refractivity contribution is 7.80. The van der Waals surface area contributed by atoms with Crippen molar-refractivity contribution >= 4 is 34.7 Å². The number of rotatable bonds is 6. The van der Waals surface area contributed by atoms with E-state index in [0.717, 1.165) is 0 Å². The second kappa shape index (κ2) is 9.10. The van der Waals surface area contributed by atoms with Crippen LogP contribution in [0.3, 0.4) is 0 Å². The Labute approximate surface area is 155 Å². The van der Waals surface area contributed by atoms with Crippen LogP contribution in [0, 0.1) is 6.92 Å². The Bertz CT molecular complexity index is 783. The van der Waals surface area contributed by atoms with Crippen molar-refractivity contribution in [1.29, 1.82) is 0 Å². The van der Waals surface area contributed by atoms with Gasteiger partial charge >= 0.3 is 12.6 Å². The van der Waals surface area contributed by atoms with E-state index >= 15 is 0 Å². The van der Waals surface area contributed by atoms with E-state index in [0.29, 0.717) is 34.2 Å². The van der Waals surface area contributed by atoms with Crippen LogP contribution in [-0.4, -0.2) is 24.3 Å². The van der Waals surface area contributed by atoms with E-state index in [9.17, 15) is 13.6 Å². The average Bonchev–Trinajstić information content (AvgIpc) is 2.57. The predicted molar refractivity (Wildman–Crippen MR) is 100 cm³/mol. The predicted octanol–water partition coefficient (Wildman–Crippen LogP) is 4.58. The van der Waals surface area contributed by atoms with Gasteiger partial charge in [0.2, 0.25) is 0 Å². The van der Waals surface area contributed by atoms with Crippen LogP contribution in [-0.2, 0) is 4.74 Å². The van der Waals surface area contributed by atoms with Crippen LogP contribution in [0.25, 0.3) is 0 Å². The summed E-state index contributed by atoms with van der Waals surface area (Å²) in [7, 11) is 0. The van der Waals surface area contributed by atoms with Crippen LogP contribution >= 0.6 is 12.2 Å². The number of hydrogen-bond acceptors (Lipinski definition) is 4. The number of carbonyl (C=O) groups is 1. The molecule has 0 heterocycles. The number of hydrogen-bond donors (Lipinski definition) is 2. The van der Waals surface area contributed by atoms with Gasteiger partial charge in [-0.3, -0.25) is 0 Å². The zero-order valence-corrected chi connectivity index (χ0v) is 15.0. The summed E-state index contributed by atoms with van der Waals surface area (Å²) >= 11 is 5.24. The first-order chi connectivity index (χ1) is 12.4. The van der Waals surface area contributed by atoms with Crippen molar-refractivity contribution < 1.29 is 23.0 Å². The maximum Gasteiger partial charge on any atom is 0.387 e. The summed E-state index contributed by atoms with van der Waals surface area (Å²) in [6, 6.07) is 11.2. The quantitative estimate of drug-likeness (QED) is 0.565. The molecule has 2 rings (SSSR count). The zero-order chi connectivity index (χ0) is 19.1. The van der Waals surface area contributed by atoms with Crippen molar-refractivity contribution in [2.45, 2.75) is 20.5 Å². The van der Waals surface area contributed by atoms with Crippen molar-refractivity contribution in [2.75, 3.05) is 17.2 Å². The minimum absolute atomic E-state index is 0.0801. The molecule has 0 radical (unpaired) electrons. The van der Waals surface area contributed by atoms with Gasteiger partial charge in [0.25, 0.3) is 0 Å². The number of halogens is 2. The molecule has 0 atom stereocenters. The Morgan fingerprint density at radius 1 is 1.15 bits per heavy atom. The molecular formula is C18H18F2N2O3S. The molecule has 0 aliphatic carbocycles. The van der Waals surface area contributed by atoms with E-state index in [1.807, 2.05) is 0 Å². The van der Waals surface area contributed by atoms with Gasteiger partial charge in [-0.05, 0) is 74.1 Å². The standard InChI is InChI=1S/C18H18F2N2O3S/c1-3-24-16(23)12-4-6-13(7-5-12)21-18(26)22-15-9-8-14(10-11(15)2)25-17(19)20/h4-10,17H,3H2,1-2H3,(H2,21,22,26). The van der Waals surface area contributed by atoms with Gasteiger partial charge in [-0.2, -0.15) is 8.78 Å². The number of benzene rings is 2. The first kappa shape index (κ1) is 19.6. The maximum absolute atomic E-state index is 12.2. The number of anilines is 2. The van der Waals surface area contributed by atoms with E-state index in [1.54, 1.807) is 44.2 Å². The molecule has 2 aromatic carbocycles. The van der Waals surface area contributed by atoms with Gasteiger partial charge in [-0.15, -0.1) is 0 Å². The second-order valence-corrected chi connectivity index (χ2v) is 5.64. The van der Waals surface area contributed by atoms with Crippen LogP contribution in [0.4, 0.5) is 20.2 Å². The normalized spacial score (nSPS) is 10.3. The molecular weight excluding hydrogens is 362 g/mol. The number of thiocarbonyl (C=S) groups is 1. The van der Waals surface area contributed by atoms with Gasteiger partial charge in [0.15, 0.2) is 5.11 Å². The summed E-state index contributed by atoms with van der Waals surface area (Å²) in [5.74, 6) is -0.307. The Kier molecular flexibility index (Phi) is 6.85. The molecule has 0 aromatic heterocycles. The average molecular weight is 380 g/mol. The van der Waals surface area contributed by atoms with Crippen LogP contribution in [0.1, 0.15) is 22.8 Å². The van der Waals surface area contributed by atoms with Crippen LogP contribution < -0.4 is 15.4 Å². The monoisotopic (exact) mass is 380 g/mol. The molecule has 0 amide bonds. The Hall–Kier alpha value is -2.74. The van der Waals surface area contributed by atoms with Crippen molar-refractivity contribution in [1.82, 2.24) is 0 Å². The summed E-state index contributed by atoms with van der Waals surface area (Å²) < 4.78 is 33.7. The molecule has 0 spiro atoms. The van der Waals surface area contributed by atoms with Gasteiger partial charge in [0, 0.05) is 11.4 Å². The van der Waals surface area contributed by atoms with Gasteiger partial charge in [-0.25, -0.2) is 4.79 Å². The highest BCUT2D eigenvalue weighted by Gasteiger charge is 2.09. The van der Waals surface area contributed by atoms with Crippen molar-refractivity contribution in [2.24, 2.45) is 0 Å². The van der Waals surface area contributed by atoms with Crippen molar-refractivity contribution in [3.63, 3.8) is 0 Å². The van der Waals surface area contributed by atoms with Crippen LogP contribution in [0.2, 0.25) is 0 Å². The van der Waals surface area contributed by atoms with E-state index in [1.165, 1.54) is 12.1 Å². The summed E-state index contributed by atoms with van der Waals surface area (Å²) in [6.07, 6.45) is 0. The number of alkyl halides is 2. The van der Waals surface area contributed by atoms with Gasteiger partial charge < -0.3 is 20.1 Å². The van der Waals surface area contributed by atoms with E-state index in [2.05, 4.69) is 15.4 Å². The summed E-state index contributed by atoms with van der Waals surface area (Å²) in [5.41, 5.74) is 2.49. The van der Waals surface area contributed by atoms with Crippen molar-refractivity contribution in [3.05, 3.63) is 53.6 Å². The lowest BCUT2D eigenvalue weighted by molar-refractivity contribution is -0.0498. The molecule has 0 unspecified atom stereocenters. The molecule has 2 aromatic rings. The third kappa shape index (κ3) is 5.66. The minimum atomic E-state index is -2.87. The summed E-state index contributed by atoms with van der Waals surface area (Å²) in [5, 5.41) is 6.28. The molecule has 0 saturated heterocycles. The summed E-state index contributed by atoms with van der Waals surface area (Å²) in [4.78, 5) is 11.6. The van der Waals surface area contributed by atoms with Crippen LogP contribution in [0.5, 0.6) is 5.75 Å². The van der Waals surface area contributed by atoms with E-state index in [-0.39, 0.29) is 11.7 Å². The highest BCUT2D eigenvalue weighted by Crippen LogP contribution is 2.23. The van der Waals surface area contributed by atoms with E-state index in [4.69, 9.17) is 17.0 Å². The van der Waals surface area contributed by atoms with Gasteiger partial charge in [0.05, 0.1) is 12.2 Å². The van der Waals surface area contributed by atoms with Crippen molar-refractivity contribution in [3.8, 4) is 5.75 Å². The van der Waals surface area contributed by atoms with E-state index < -0.39 is 6.61 Å². The third-order valence-corrected chi connectivity index (χ3v) is 3.53. The minimum Gasteiger partial charge on any atom is -0.462 e. The molecule has 2 N–H and O–H groups in total. The molecule has 5 nitrogen and oxygen atoms in total. The molecule has 8 heteroatoms. The second-order valence-electron chi connectivity index (χ2n) is 5.23. The fourth-order valence-electron chi connectivity index (χ4n) is 2.14. The third-order valence-electron chi connectivity index (χ3n) is 3.33. The summed E-state index contributed by atoms with van der Waals surface area (Å²) in [6.45, 7) is 0.935. The largest absolute Gasteiger partial charge is 0.462 e. The number of carbonyl (C=O) groups excluding carboxylic acids is 1. The Morgan fingerprint density at radius 3 is 2.42 bits per heavy atom. The number of nitrogens with one attached hydrogen (secondary N) is 2. The van der Waals surface area contributed by atoms with Crippen LogP contribution in [0.15, 0.2) is 42.5 Å². The number of aryl methyl sites for hydroxylation is 1. The molecule has 0 aliphatic heterocycles.